The normalized spacial score (nSPS) is 26.7. The predicted molar refractivity (Wildman–Crippen MR) is 194 cm³/mol. The number of nitrogens with zero attached hydrogens (tertiary/aromatic N) is 2. The maximum Gasteiger partial charge on any atom is 0.329 e. The second-order valence-electron chi connectivity index (χ2n) is 15.1. The summed E-state index contributed by atoms with van der Waals surface area (Å²) in [7, 11) is 0. The lowest BCUT2D eigenvalue weighted by molar-refractivity contribution is -0.167. The third-order valence-corrected chi connectivity index (χ3v) is 10.0. The topological polar surface area (TPSA) is 154 Å². The van der Waals surface area contributed by atoms with Gasteiger partial charge in [-0.2, -0.15) is 0 Å². The molecule has 0 bridgehead atoms. The Bertz CT molecular complexity index is 1580. The van der Waals surface area contributed by atoms with Gasteiger partial charge in [0.2, 0.25) is 23.6 Å². The van der Waals surface area contributed by atoms with E-state index >= 15 is 0 Å². The molecular weight excluding hydrogens is 662 g/mol. The molecule has 6 atom stereocenters. The number of cyclic esters (lactones) is 1. The molecule has 0 spiro atoms. The SMILES string of the molecule is CC(C)CC1NC(=O)C2CCCN2C(=O)C(CC(C)C)OC(=O)C2CCCN2C(=O)C(Cc2ccccc2)NC(=O)C(Cc2ccccc2)NC1=O. The van der Waals surface area contributed by atoms with E-state index in [2.05, 4.69) is 16.0 Å². The third kappa shape index (κ3) is 9.77. The summed E-state index contributed by atoms with van der Waals surface area (Å²) in [6, 6.07) is 13.5. The number of hydrogen-bond acceptors (Lipinski definition) is 7. The summed E-state index contributed by atoms with van der Waals surface area (Å²) >= 11 is 0. The lowest BCUT2D eigenvalue weighted by Gasteiger charge is -2.33. The van der Waals surface area contributed by atoms with E-state index in [1.165, 1.54) is 9.80 Å². The first-order valence-corrected chi connectivity index (χ1v) is 18.7. The van der Waals surface area contributed by atoms with Crippen LogP contribution in [0, 0.1) is 11.8 Å². The molecule has 3 fully saturated rings. The molecule has 3 aliphatic heterocycles. The van der Waals surface area contributed by atoms with Gasteiger partial charge in [-0.3, -0.25) is 24.0 Å². The summed E-state index contributed by atoms with van der Waals surface area (Å²) in [5.74, 6) is -3.16. The Hall–Kier alpha value is -4.74. The first-order chi connectivity index (χ1) is 24.9. The molecule has 2 aromatic rings. The van der Waals surface area contributed by atoms with E-state index in [0.29, 0.717) is 32.2 Å². The lowest BCUT2D eigenvalue weighted by Crippen LogP contribution is -2.60. The van der Waals surface area contributed by atoms with Crippen LogP contribution >= 0.6 is 0 Å². The van der Waals surface area contributed by atoms with Crippen LogP contribution in [0.15, 0.2) is 60.7 Å². The van der Waals surface area contributed by atoms with Crippen LogP contribution in [0.2, 0.25) is 0 Å². The second-order valence-corrected chi connectivity index (χ2v) is 15.1. The molecule has 0 radical (unpaired) electrons. The minimum atomic E-state index is -1.15. The van der Waals surface area contributed by atoms with Crippen molar-refractivity contribution in [1.82, 2.24) is 25.8 Å². The quantitative estimate of drug-likeness (QED) is 0.356. The van der Waals surface area contributed by atoms with Crippen molar-refractivity contribution in [2.24, 2.45) is 11.8 Å². The van der Waals surface area contributed by atoms with Crippen LogP contribution in [-0.4, -0.2) is 94.7 Å². The van der Waals surface area contributed by atoms with Crippen molar-refractivity contribution in [2.75, 3.05) is 13.1 Å². The summed E-state index contributed by atoms with van der Waals surface area (Å²) in [5, 5.41) is 8.72. The van der Waals surface area contributed by atoms with Gasteiger partial charge in [0.15, 0.2) is 6.10 Å². The smallest absolute Gasteiger partial charge is 0.329 e. The fourth-order valence-corrected chi connectivity index (χ4v) is 7.43. The van der Waals surface area contributed by atoms with E-state index in [-0.39, 0.29) is 44.1 Å². The Morgan fingerprint density at radius 1 is 0.596 bits per heavy atom. The predicted octanol–water partition coefficient (Wildman–Crippen LogP) is 2.93. The highest BCUT2D eigenvalue weighted by Gasteiger charge is 2.44. The van der Waals surface area contributed by atoms with Gasteiger partial charge < -0.3 is 30.5 Å². The molecule has 12 nitrogen and oxygen atoms in total. The van der Waals surface area contributed by atoms with E-state index < -0.39 is 71.8 Å². The van der Waals surface area contributed by atoms with Crippen LogP contribution in [-0.2, 0) is 46.3 Å². The van der Waals surface area contributed by atoms with Gasteiger partial charge in [-0.05, 0) is 61.5 Å². The van der Waals surface area contributed by atoms with Crippen LogP contribution in [0.4, 0.5) is 0 Å². The molecule has 3 aliphatic rings. The monoisotopic (exact) mass is 715 g/mol. The van der Waals surface area contributed by atoms with Gasteiger partial charge in [0.05, 0.1) is 0 Å². The van der Waals surface area contributed by atoms with Crippen molar-refractivity contribution >= 4 is 35.5 Å². The number of amides is 5. The van der Waals surface area contributed by atoms with E-state index in [0.717, 1.165) is 11.1 Å². The number of fused-ring (bicyclic) bond motifs is 2. The molecule has 52 heavy (non-hydrogen) atoms. The van der Waals surface area contributed by atoms with Gasteiger partial charge in [0.1, 0.15) is 30.2 Å². The standard InChI is InChI=1S/C40H53N5O7/c1-25(2)21-29-35(46)41-30(23-27-13-7-5-8-14-27)36(47)43-31(24-28-15-9-6-10-16-28)38(49)45-20-12-18-33(45)40(51)52-34(22-26(3)4)39(50)44-19-11-17-32(44)37(48)42-29/h5-10,13-16,25-26,29-34H,11-12,17-24H2,1-4H3,(H,41,46)(H,42,48)(H,43,47). The average molecular weight is 716 g/mol. The summed E-state index contributed by atoms with van der Waals surface area (Å²) in [4.78, 5) is 87.5. The summed E-state index contributed by atoms with van der Waals surface area (Å²) in [6.07, 6.45) is 1.51. The summed E-state index contributed by atoms with van der Waals surface area (Å²) < 4.78 is 5.97. The van der Waals surface area contributed by atoms with E-state index in [9.17, 15) is 28.8 Å². The number of esters is 1. The Morgan fingerprint density at radius 2 is 1.08 bits per heavy atom. The Morgan fingerprint density at radius 3 is 1.65 bits per heavy atom. The number of nitrogens with one attached hydrogen (secondary N) is 3. The maximum atomic E-state index is 14.4. The summed E-state index contributed by atoms with van der Waals surface area (Å²) in [5.41, 5.74) is 1.59. The van der Waals surface area contributed by atoms with Crippen molar-refractivity contribution in [3.05, 3.63) is 71.8 Å². The second kappa shape index (κ2) is 17.7. The van der Waals surface area contributed by atoms with E-state index in [1.807, 2.05) is 88.4 Å². The molecule has 3 heterocycles. The number of ether oxygens (including phenoxy) is 1. The molecule has 3 N–H and O–H groups in total. The van der Waals surface area contributed by atoms with Crippen molar-refractivity contribution in [3.63, 3.8) is 0 Å². The first kappa shape index (κ1) is 38.5. The van der Waals surface area contributed by atoms with Crippen LogP contribution in [0.1, 0.15) is 77.3 Å². The van der Waals surface area contributed by atoms with Crippen LogP contribution < -0.4 is 16.0 Å². The minimum Gasteiger partial charge on any atom is -0.451 e. The van der Waals surface area contributed by atoms with Gasteiger partial charge in [-0.15, -0.1) is 0 Å². The highest BCUT2D eigenvalue weighted by atomic mass is 16.6. The fraction of sp³-hybridized carbons (Fsp3) is 0.550. The lowest BCUT2D eigenvalue weighted by atomic mass is 9.99. The minimum absolute atomic E-state index is 0.00716. The molecule has 5 amide bonds. The van der Waals surface area contributed by atoms with Crippen LogP contribution in [0.25, 0.3) is 0 Å². The highest BCUT2D eigenvalue weighted by molar-refractivity contribution is 5.97. The van der Waals surface area contributed by atoms with Gasteiger partial charge in [0, 0.05) is 25.9 Å². The zero-order valence-corrected chi connectivity index (χ0v) is 30.7. The largest absolute Gasteiger partial charge is 0.451 e. The first-order valence-electron chi connectivity index (χ1n) is 18.7. The molecule has 3 saturated heterocycles. The zero-order chi connectivity index (χ0) is 37.4. The van der Waals surface area contributed by atoms with Crippen molar-refractivity contribution < 1.29 is 33.5 Å². The summed E-state index contributed by atoms with van der Waals surface area (Å²) in [6.45, 7) is 8.28. The van der Waals surface area contributed by atoms with Gasteiger partial charge in [0.25, 0.3) is 5.91 Å². The van der Waals surface area contributed by atoms with Crippen LogP contribution in [0.3, 0.4) is 0 Å². The number of carbonyl (C=O) groups is 6. The molecule has 5 rings (SSSR count). The Balaban J connectivity index is 1.55. The number of carbonyl (C=O) groups excluding carboxylic acids is 6. The Labute approximate surface area is 306 Å². The highest BCUT2D eigenvalue weighted by Crippen LogP contribution is 2.26. The fourth-order valence-electron chi connectivity index (χ4n) is 7.43. The van der Waals surface area contributed by atoms with Gasteiger partial charge >= 0.3 is 5.97 Å². The van der Waals surface area contributed by atoms with Crippen LogP contribution in [0.5, 0.6) is 0 Å². The molecule has 6 unspecified atom stereocenters. The molecule has 0 saturated carbocycles. The van der Waals surface area contributed by atoms with Crippen molar-refractivity contribution in [2.45, 2.75) is 115 Å². The maximum absolute atomic E-state index is 14.4. The molecule has 0 aromatic heterocycles. The average Bonchev–Trinajstić information content (AvgIpc) is 3.81. The van der Waals surface area contributed by atoms with Gasteiger partial charge in [-0.1, -0.05) is 88.4 Å². The van der Waals surface area contributed by atoms with E-state index in [4.69, 9.17) is 4.74 Å². The van der Waals surface area contributed by atoms with Gasteiger partial charge in [-0.25, -0.2) is 4.79 Å². The molecule has 0 aliphatic carbocycles. The Kier molecular flexibility index (Phi) is 13.1. The number of benzene rings is 2. The number of rotatable bonds is 8. The molecule has 2 aromatic carbocycles. The van der Waals surface area contributed by atoms with Crippen molar-refractivity contribution in [3.8, 4) is 0 Å². The third-order valence-electron chi connectivity index (χ3n) is 10.0. The van der Waals surface area contributed by atoms with E-state index in [1.54, 1.807) is 0 Å². The van der Waals surface area contributed by atoms with Crippen molar-refractivity contribution in [1.29, 1.82) is 0 Å². The zero-order valence-electron chi connectivity index (χ0n) is 30.7. The molecular formula is C40H53N5O7. The molecule has 280 valence electrons. The molecule has 12 heteroatoms. The number of hydrogen-bond donors (Lipinski definition) is 3.